The molecule has 0 bridgehead atoms. The van der Waals surface area contributed by atoms with Gasteiger partial charge in [0.2, 0.25) is 0 Å². The second-order valence-corrected chi connectivity index (χ2v) is 6.92. The third kappa shape index (κ3) is 3.88. The Kier molecular flexibility index (Phi) is 5.58. The highest BCUT2D eigenvalue weighted by Crippen LogP contribution is 2.36. The molecule has 9 heteroatoms. The first-order valence-corrected chi connectivity index (χ1v) is 9.20. The number of halogens is 1. The van der Waals surface area contributed by atoms with Crippen LogP contribution < -0.4 is 10.6 Å². The van der Waals surface area contributed by atoms with E-state index in [2.05, 4.69) is 15.7 Å². The van der Waals surface area contributed by atoms with E-state index in [9.17, 15) is 14.0 Å². The molecule has 0 fully saturated rings. The summed E-state index contributed by atoms with van der Waals surface area (Å²) in [5.41, 5.74) is 2.34. The number of methoxy groups -OCH3 is 1. The zero-order chi connectivity index (χ0) is 18.7. The van der Waals surface area contributed by atoms with E-state index in [4.69, 9.17) is 4.74 Å². The number of nitrogens with zero attached hydrogens (tertiary/aromatic N) is 2. The molecule has 7 nitrogen and oxygen atoms in total. The number of nitrogens with one attached hydrogen (secondary N) is 2. The molecule has 1 aromatic carbocycles. The van der Waals surface area contributed by atoms with Crippen molar-refractivity contribution >= 4 is 29.4 Å². The summed E-state index contributed by atoms with van der Waals surface area (Å²) in [6.07, 6.45) is 0. The Morgan fingerprint density at radius 2 is 2.04 bits per heavy atom. The summed E-state index contributed by atoms with van der Waals surface area (Å²) >= 11 is 1.68. The van der Waals surface area contributed by atoms with Crippen molar-refractivity contribution < 1.29 is 18.7 Å². The fourth-order valence-corrected chi connectivity index (χ4v) is 3.69. The number of aromatic nitrogens is 2. The van der Waals surface area contributed by atoms with Crippen molar-refractivity contribution in [3.8, 4) is 5.69 Å². The van der Waals surface area contributed by atoms with Gasteiger partial charge in [0, 0.05) is 30.2 Å². The Balaban J connectivity index is 1.84. The highest BCUT2D eigenvalue weighted by Gasteiger charge is 2.26. The highest BCUT2D eigenvalue weighted by atomic mass is 32.2. The monoisotopic (exact) mass is 378 g/mol. The maximum atomic E-state index is 13.2. The van der Waals surface area contributed by atoms with Gasteiger partial charge in [0.05, 0.1) is 18.0 Å². The van der Waals surface area contributed by atoms with Gasteiger partial charge >= 0.3 is 11.8 Å². The predicted octanol–water partition coefficient (Wildman–Crippen LogP) is 1.85. The molecule has 0 unspecified atom stereocenters. The molecule has 1 aliphatic heterocycles. The number of carbonyl (C=O) groups is 2. The van der Waals surface area contributed by atoms with Gasteiger partial charge in [-0.1, -0.05) is 0 Å². The number of carbonyl (C=O) groups excluding carboxylic acids is 2. The average Bonchev–Trinajstić information content (AvgIpc) is 3.18. The van der Waals surface area contributed by atoms with E-state index in [0.717, 1.165) is 17.0 Å². The van der Waals surface area contributed by atoms with Gasteiger partial charge in [-0.3, -0.25) is 9.59 Å². The van der Waals surface area contributed by atoms with Gasteiger partial charge in [0.25, 0.3) is 0 Å². The summed E-state index contributed by atoms with van der Waals surface area (Å²) < 4.78 is 19.7. The van der Waals surface area contributed by atoms with Crippen molar-refractivity contribution in [2.75, 3.05) is 19.0 Å². The molecule has 138 valence electrons. The second-order valence-electron chi connectivity index (χ2n) is 5.94. The first kappa shape index (κ1) is 18.4. The maximum Gasteiger partial charge on any atom is 0.314 e. The van der Waals surface area contributed by atoms with Crippen LogP contribution in [0.1, 0.15) is 18.2 Å². The van der Waals surface area contributed by atoms with Crippen LogP contribution in [-0.2, 0) is 25.8 Å². The Morgan fingerprint density at radius 1 is 1.31 bits per heavy atom. The van der Waals surface area contributed by atoms with E-state index in [-0.39, 0.29) is 11.9 Å². The van der Waals surface area contributed by atoms with Gasteiger partial charge < -0.3 is 15.4 Å². The molecule has 1 aliphatic rings. The summed E-state index contributed by atoms with van der Waals surface area (Å²) in [5, 5.41) is 9.72. The number of fused-ring (bicyclic) bond motifs is 1. The number of benzene rings is 1. The number of hydrogen-bond acceptors (Lipinski definition) is 5. The molecule has 2 N–H and O–H groups in total. The van der Waals surface area contributed by atoms with Crippen molar-refractivity contribution in [3.63, 3.8) is 0 Å². The van der Waals surface area contributed by atoms with Gasteiger partial charge in [-0.25, -0.2) is 9.07 Å². The van der Waals surface area contributed by atoms with Crippen LogP contribution in [0.2, 0.25) is 0 Å². The van der Waals surface area contributed by atoms with Crippen LogP contribution in [0.25, 0.3) is 5.69 Å². The normalized spacial score (nSPS) is 14.0. The third-order valence-electron chi connectivity index (χ3n) is 3.86. The summed E-state index contributed by atoms with van der Waals surface area (Å²) in [4.78, 5) is 24.4. The number of ether oxygens (including phenoxy) is 1. The minimum absolute atomic E-state index is 0.290. The number of hydrogen-bond donors (Lipinski definition) is 2. The zero-order valence-corrected chi connectivity index (χ0v) is 15.2. The molecule has 1 aromatic heterocycles. The first-order valence-electron chi connectivity index (χ1n) is 8.05. The molecular weight excluding hydrogens is 359 g/mol. The van der Waals surface area contributed by atoms with Crippen LogP contribution in [0.15, 0.2) is 24.3 Å². The molecule has 0 aliphatic carbocycles. The van der Waals surface area contributed by atoms with Crippen molar-refractivity contribution in [2.24, 2.45) is 0 Å². The summed E-state index contributed by atoms with van der Waals surface area (Å²) in [5.74, 6) is -0.0360. The van der Waals surface area contributed by atoms with Crippen molar-refractivity contribution in [3.05, 3.63) is 41.3 Å². The van der Waals surface area contributed by atoms with Crippen LogP contribution in [0, 0.1) is 5.82 Å². The fraction of sp³-hybridized carbons (Fsp3) is 0.353. The lowest BCUT2D eigenvalue weighted by Crippen LogP contribution is -2.42. The SMILES string of the molecule is COC[C@@H](C)NC(=O)C(=O)Nc1c2c(nn1-c1ccc(F)cc1)CSC2. The number of thioether (sulfide) groups is 1. The van der Waals surface area contributed by atoms with E-state index < -0.39 is 11.8 Å². The van der Waals surface area contributed by atoms with E-state index >= 15 is 0 Å². The number of rotatable bonds is 5. The molecule has 26 heavy (non-hydrogen) atoms. The second kappa shape index (κ2) is 7.88. The van der Waals surface area contributed by atoms with Crippen molar-refractivity contribution in [1.29, 1.82) is 0 Å². The van der Waals surface area contributed by atoms with E-state index in [1.165, 1.54) is 23.9 Å². The summed E-state index contributed by atoms with van der Waals surface area (Å²) in [6.45, 7) is 2.05. The number of amides is 2. The highest BCUT2D eigenvalue weighted by molar-refractivity contribution is 7.98. The minimum Gasteiger partial charge on any atom is -0.383 e. The Labute approximate surface area is 154 Å². The lowest BCUT2D eigenvalue weighted by molar-refractivity contribution is -0.136. The standard InChI is InChI=1S/C17H19FN4O3S/c1-10(7-25-2)19-16(23)17(24)20-15-13-8-26-9-14(13)21-22(15)12-5-3-11(18)4-6-12/h3-6,10H,7-9H2,1-2H3,(H,19,23)(H,20,24)/t10-/m1/s1. The molecular formula is C17H19FN4O3S. The van der Waals surface area contributed by atoms with Crippen LogP contribution in [0.5, 0.6) is 0 Å². The smallest absolute Gasteiger partial charge is 0.314 e. The molecule has 0 radical (unpaired) electrons. The van der Waals surface area contributed by atoms with E-state index in [0.29, 0.717) is 23.9 Å². The quantitative estimate of drug-likeness (QED) is 0.776. The van der Waals surface area contributed by atoms with Gasteiger partial charge in [0.1, 0.15) is 11.6 Å². The van der Waals surface area contributed by atoms with Crippen LogP contribution in [0.4, 0.5) is 10.2 Å². The third-order valence-corrected chi connectivity index (χ3v) is 4.83. The van der Waals surface area contributed by atoms with Crippen LogP contribution in [-0.4, -0.2) is 41.4 Å². The van der Waals surface area contributed by atoms with Gasteiger partial charge in [-0.2, -0.15) is 16.9 Å². The largest absolute Gasteiger partial charge is 0.383 e. The molecule has 0 spiro atoms. The van der Waals surface area contributed by atoms with Gasteiger partial charge in [0.15, 0.2) is 0 Å². The number of anilines is 1. The summed E-state index contributed by atoms with van der Waals surface area (Å²) in [7, 11) is 1.52. The Hall–Kier alpha value is -2.39. The molecule has 0 saturated heterocycles. The van der Waals surface area contributed by atoms with Crippen molar-refractivity contribution in [2.45, 2.75) is 24.5 Å². The zero-order valence-electron chi connectivity index (χ0n) is 14.4. The average molecular weight is 378 g/mol. The molecule has 2 heterocycles. The molecule has 3 rings (SSSR count). The van der Waals surface area contributed by atoms with Gasteiger partial charge in [-0.15, -0.1) is 0 Å². The van der Waals surface area contributed by atoms with Crippen LogP contribution >= 0.6 is 11.8 Å². The van der Waals surface area contributed by atoms with Gasteiger partial charge in [-0.05, 0) is 31.2 Å². The maximum absolute atomic E-state index is 13.2. The molecule has 1 atom stereocenters. The van der Waals surface area contributed by atoms with E-state index in [1.54, 1.807) is 30.8 Å². The van der Waals surface area contributed by atoms with Crippen LogP contribution in [0.3, 0.4) is 0 Å². The lowest BCUT2D eigenvalue weighted by Gasteiger charge is -2.14. The predicted molar refractivity (Wildman–Crippen MR) is 96.6 cm³/mol. The minimum atomic E-state index is -0.782. The molecule has 2 aromatic rings. The fourth-order valence-electron chi connectivity index (χ4n) is 2.66. The molecule has 0 saturated carbocycles. The molecule has 2 amide bonds. The first-order chi connectivity index (χ1) is 12.5. The Morgan fingerprint density at radius 3 is 2.73 bits per heavy atom. The Bertz CT molecular complexity index is 822. The summed E-state index contributed by atoms with van der Waals surface area (Å²) in [6, 6.07) is 5.49. The topological polar surface area (TPSA) is 85.2 Å². The lowest BCUT2D eigenvalue weighted by atomic mass is 10.2. The van der Waals surface area contributed by atoms with E-state index in [1.807, 2.05) is 0 Å². The van der Waals surface area contributed by atoms with Crippen molar-refractivity contribution in [1.82, 2.24) is 15.1 Å².